The Bertz CT molecular complexity index is 288. The quantitative estimate of drug-likeness (QED) is 0.685. The summed E-state index contributed by atoms with van der Waals surface area (Å²) in [5.41, 5.74) is 5.25. The number of nitrogens with zero attached hydrogens (tertiary/aromatic N) is 2. The van der Waals surface area contributed by atoms with Crippen molar-refractivity contribution in [1.29, 1.82) is 0 Å². The van der Waals surface area contributed by atoms with Crippen molar-refractivity contribution in [2.75, 3.05) is 6.61 Å². The average Bonchev–Trinajstić information content (AvgIpc) is 2.05. The zero-order valence-corrected chi connectivity index (χ0v) is 6.65. The summed E-state index contributed by atoms with van der Waals surface area (Å²) < 4.78 is 5.05. The van der Waals surface area contributed by atoms with E-state index < -0.39 is 5.91 Å². The molecule has 0 spiro atoms. The van der Waals surface area contributed by atoms with Crippen LogP contribution >= 0.6 is 0 Å². The third kappa shape index (κ3) is 1.69. The number of carbonyl (C=O) groups is 1. The number of rotatable bonds is 3. The lowest BCUT2D eigenvalue weighted by Crippen LogP contribution is -2.14. The van der Waals surface area contributed by atoms with Gasteiger partial charge in [0.05, 0.1) is 6.61 Å². The second-order valence-electron chi connectivity index (χ2n) is 2.04. The predicted molar refractivity (Wildman–Crippen MR) is 41.7 cm³/mol. The van der Waals surface area contributed by atoms with Crippen LogP contribution in [0.4, 0.5) is 0 Å². The first kappa shape index (κ1) is 8.45. The molecule has 64 valence electrons. The number of amides is 1. The second kappa shape index (κ2) is 3.66. The maximum Gasteiger partial charge on any atom is 0.255 e. The van der Waals surface area contributed by atoms with Gasteiger partial charge >= 0.3 is 0 Å². The highest BCUT2D eigenvalue weighted by Crippen LogP contribution is 2.11. The fraction of sp³-hybridized carbons (Fsp3) is 0.286. The van der Waals surface area contributed by atoms with Gasteiger partial charge in [0.1, 0.15) is 11.9 Å². The Hall–Kier alpha value is -1.65. The highest BCUT2D eigenvalue weighted by molar-refractivity contribution is 5.94. The minimum atomic E-state index is -0.584. The van der Waals surface area contributed by atoms with Crippen molar-refractivity contribution in [2.45, 2.75) is 6.92 Å². The van der Waals surface area contributed by atoms with Gasteiger partial charge in [-0.25, -0.2) is 9.97 Å². The molecule has 0 aliphatic heterocycles. The SMILES string of the molecule is CCOc1ncncc1C(N)=O. The summed E-state index contributed by atoms with van der Waals surface area (Å²) in [6.45, 7) is 2.24. The first-order valence-corrected chi connectivity index (χ1v) is 3.48. The van der Waals surface area contributed by atoms with Crippen LogP contribution in [0.15, 0.2) is 12.5 Å². The van der Waals surface area contributed by atoms with Gasteiger partial charge in [-0.15, -0.1) is 0 Å². The number of hydrogen-bond donors (Lipinski definition) is 1. The maximum atomic E-state index is 10.8. The van der Waals surface area contributed by atoms with Crippen LogP contribution < -0.4 is 10.5 Å². The first-order chi connectivity index (χ1) is 5.75. The van der Waals surface area contributed by atoms with Gasteiger partial charge in [-0.3, -0.25) is 4.79 Å². The minimum Gasteiger partial charge on any atom is -0.477 e. The Morgan fingerprint density at radius 1 is 1.75 bits per heavy atom. The average molecular weight is 167 g/mol. The number of carbonyl (C=O) groups excluding carboxylic acids is 1. The van der Waals surface area contributed by atoms with Crippen LogP contribution in [0.25, 0.3) is 0 Å². The van der Waals surface area contributed by atoms with E-state index in [1.54, 1.807) is 6.92 Å². The molecule has 1 rings (SSSR count). The van der Waals surface area contributed by atoms with Crippen LogP contribution in [0.1, 0.15) is 17.3 Å². The molecule has 1 heterocycles. The first-order valence-electron chi connectivity index (χ1n) is 3.48. The van der Waals surface area contributed by atoms with Crippen LogP contribution in [0.5, 0.6) is 5.88 Å². The van der Waals surface area contributed by atoms with Crippen molar-refractivity contribution < 1.29 is 9.53 Å². The molecule has 5 heteroatoms. The van der Waals surface area contributed by atoms with Gasteiger partial charge in [0, 0.05) is 6.20 Å². The van der Waals surface area contributed by atoms with Gasteiger partial charge in [0.15, 0.2) is 0 Å². The molecule has 0 bridgehead atoms. The largest absolute Gasteiger partial charge is 0.477 e. The smallest absolute Gasteiger partial charge is 0.255 e. The van der Waals surface area contributed by atoms with E-state index in [2.05, 4.69) is 9.97 Å². The van der Waals surface area contributed by atoms with E-state index in [-0.39, 0.29) is 11.4 Å². The third-order valence-corrected chi connectivity index (χ3v) is 1.22. The fourth-order valence-corrected chi connectivity index (χ4v) is 0.739. The van der Waals surface area contributed by atoms with Crippen LogP contribution in [0.3, 0.4) is 0 Å². The summed E-state index contributed by atoms with van der Waals surface area (Å²) >= 11 is 0. The van der Waals surface area contributed by atoms with Gasteiger partial charge in [0.25, 0.3) is 5.91 Å². The summed E-state index contributed by atoms with van der Waals surface area (Å²) in [7, 11) is 0. The minimum absolute atomic E-state index is 0.208. The normalized spacial score (nSPS) is 9.42. The van der Waals surface area contributed by atoms with E-state index in [9.17, 15) is 4.79 Å². The highest BCUT2D eigenvalue weighted by Gasteiger charge is 2.09. The molecule has 12 heavy (non-hydrogen) atoms. The summed E-state index contributed by atoms with van der Waals surface area (Å²) in [5, 5.41) is 0. The van der Waals surface area contributed by atoms with Crippen molar-refractivity contribution in [3.8, 4) is 5.88 Å². The van der Waals surface area contributed by atoms with E-state index in [1.807, 2.05) is 0 Å². The molecule has 0 saturated carbocycles. The van der Waals surface area contributed by atoms with Crippen LogP contribution in [0.2, 0.25) is 0 Å². The molecule has 5 nitrogen and oxygen atoms in total. The maximum absolute atomic E-state index is 10.8. The van der Waals surface area contributed by atoms with E-state index in [1.165, 1.54) is 12.5 Å². The Kier molecular flexibility index (Phi) is 2.57. The lowest BCUT2D eigenvalue weighted by Gasteiger charge is -2.03. The molecule has 0 saturated heterocycles. The Morgan fingerprint density at radius 3 is 3.08 bits per heavy atom. The van der Waals surface area contributed by atoms with Crippen LogP contribution in [0, 0.1) is 0 Å². The van der Waals surface area contributed by atoms with E-state index >= 15 is 0 Å². The van der Waals surface area contributed by atoms with Gasteiger partial charge in [-0.05, 0) is 6.92 Å². The lowest BCUT2D eigenvalue weighted by atomic mass is 10.3. The van der Waals surface area contributed by atoms with Gasteiger partial charge in [0.2, 0.25) is 5.88 Å². The molecule has 2 N–H and O–H groups in total. The molecule has 0 aliphatic carbocycles. The summed E-state index contributed by atoms with van der Waals surface area (Å²) in [6, 6.07) is 0. The van der Waals surface area contributed by atoms with Crippen molar-refractivity contribution in [3.63, 3.8) is 0 Å². The number of aromatic nitrogens is 2. The molecule has 0 unspecified atom stereocenters. The molecule has 0 aliphatic rings. The standard InChI is InChI=1S/C7H9N3O2/c1-2-12-7-5(6(8)11)3-9-4-10-7/h3-4H,2H2,1H3,(H2,8,11). The van der Waals surface area contributed by atoms with Crippen molar-refractivity contribution in [2.24, 2.45) is 5.73 Å². The molecular weight excluding hydrogens is 158 g/mol. The molecule has 0 radical (unpaired) electrons. The summed E-state index contributed by atoms with van der Waals surface area (Å²) in [6.07, 6.45) is 2.64. The molecule has 0 aromatic carbocycles. The zero-order valence-electron chi connectivity index (χ0n) is 6.65. The Morgan fingerprint density at radius 2 is 2.50 bits per heavy atom. The lowest BCUT2D eigenvalue weighted by molar-refractivity contribution is 0.0995. The van der Waals surface area contributed by atoms with E-state index in [4.69, 9.17) is 10.5 Å². The Balaban J connectivity index is 3.00. The van der Waals surface area contributed by atoms with E-state index in [0.717, 1.165) is 0 Å². The van der Waals surface area contributed by atoms with Crippen molar-refractivity contribution in [3.05, 3.63) is 18.1 Å². The predicted octanol–water partition coefficient (Wildman–Crippen LogP) is -0.0258. The van der Waals surface area contributed by atoms with Crippen LogP contribution in [-0.4, -0.2) is 22.5 Å². The molecule has 0 fully saturated rings. The van der Waals surface area contributed by atoms with Crippen molar-refractivity contribution >= 4 is 5.91 Å². The van der Waals surface area contributed by atoms with Crippen molar-refractivity contribution in [1.82, 2.24) is 9.97 Å². The number of hydrogen-bond acceptors (Lipinski definition) is 4. The molecule has 1 amide bonds. The van der Waals surface area contributed by atoms with Gasteiger partial charge in [-0.2, -0.15) is 0 Å². The topological polar surface area (TPSA) is 78.1 Å². The van der Waals surface area contributed by atoms with Crippen LogP contribution in [-0.2, 0) is 0 Å². The molecule has 0 atom stereocenters. The summed E-state index contributed by atoms with van der Waals surface area (Å²) in [5.74, 6) is -0.348. The Labute approximate surface area is 69.6 Å². The number of ether oxygens (including phenoxy) is 1. The number of primary amides is 1. The zero-order chi connectivity index (χ0) is 8.97. The fourth-order valence-electron chi connectivity index (χ4n) is 0.739. The second-order valence-corrected chi connectivity index (χ2v) is 2.04. The molecular formula is C7H9N3O2. The van der Waals surface area contributed by atoms with Gasteiger partial charge in [-0.1, -0.05) is 0 Å². The number of nitrogens with two attached hydrogens (primary N) is 1. The molecule has 1 aromatic rings. The highest BCUT2D eigenvalue weighted by atomic mass is 16.5. The molecule has 1 aromatic heterocycles. The van der Waals surface area contributed by atoms with E-state index in [0.29, 0.717) is 6.61 Å². The monoisotopic (exact) mass is 167 g/mol. The van der Waals surface area contributed by atoms with Gasteiger partial charge < -0.3 is 10.5 Å². The third-order valence-electron chi connectivity index (χ3n) is 1.22. The summed E-state index contributed by atoms with van der Waals surface area (Å²) in [4.78, 5) is 18.2.